The fourth-order valence-corrected chi connectivity index (χ4v) is 4.18. The van der Waals surface area contributed by atoms with Gasteiger partial charge in [-0.15, -0.1) is 0 Å². The van der Waals surface area contributed by atoms with Crippen LogP contribution >= 0.6 is 15.9 Å². The summed E-state index contributed by atoms with van der Waals surface area (Å²) in [5.41, 5.74) is 0.841. The van der Waals surface area contributed by atoms with E-state index in [1.807, 2.05) is 6.07 Å². The molecule has 2 aromatic carbocycles. The molecule has 1 aliphatic heterocycles. The highest BCUT2D eigenvalue weighted by Gasteiger charge is 2.27. The third-order valence-electron chi connectivity index (χ3n) is 4.03. The second-order valence-corrected chi connectivity index (χ2v) is 9.97. The minimum Gasteiger partial charge on any atom is -0.489 e. The summed E-state index contributed by atoms with van der Waals surface area (Å²) in [5, 5.41) is 0. The molecule has 3 rings (SSSR count). The van der Waals surface area contributed by atoms with Crippen molar-refractivity contribution >= 4 is 25.8 Å². The Labute approximate surface area is 157 Å². The van der Waals surface area contributed by atoms with E-state index < -0.39 is 9.84 Å². The number of halogens is 1. The summed E-state index contributed by atoms with van der Waals surface area (Å²) in [7, 11) is -3.68. The lowest BCUT2D eigenvalue weighted by atomic mass is 9.87. The van der Waals surface area contributed by atoms with Gasteiger partial charge in [-0.25, -0.2) is 8.42 Å². The maximum Gasteiger partial charge on any atom is 0.210 e. The van der Waals surface area contributed by atoms with Gasteiger partial charge in [-0.3, -0.25) is 0 Å². The van der Waals surface area contributed by atoms with Crippen molar-refractivity contribution in [2.75, 3.05) is 13.2 Å². The fourth-order valence-electron chi connectivity index (χ4n) is 2.42. The van der Waals surface area contributed by atoms with Gasteiger partial charge in [0.15, 0.2) is 0 Å². The van der Waals surface area contributed by atoms with E-state index in [2.05, 4.69) is 36.7 Å². The molecular weight excluding hydrogens is 404 g/mol. The summed E-state index contributed by atoms with van der Waals surface area (Å²) < 4.78 is 38.0. The van der Waals surface area contributed by atoms with Crippen LogP contribution < -0.4 is 4.74 Å². The number of epoxide rings is 1. The molecule has 2 aromatic rings. The smallest absolute Gasteiger partial charge is 0.210 e. The van der Waals surface area contributed by atoms with Gasteiger partial charge in [0.2, 0.25) is 9.84 Å². The molecule has 0 N–H and O–H groups in total. The van der Waals surface area contributed by atoms with E-state index in [1.165, 1.54) is 0 Å². The van der Waals surface area contributed by atoms with Crippen LogP contribution in [0.5, 0.6) is 5.75 Å². The van der Waals surface area contributed by atoms with Gasteiger partial charge in [0, 0.05) is 4.47 Å². The number of rotatable bonds is 5. The molecule has 134 valence electrons. The zero-order chi connectivity index (χ0) is 18.2. The second-order valence-electron chi connectivity index (χ2n) is 7.14. The Kier molecular flexibility index (Phi) is 4.97. The molecule has 1 heterocycles. The lowest BCUT2D eigenvalue weighted by Gasteiger charge is -2.20. The minimum absolute atomic E-state index is 0.0544. The number of hydrogen-bond acceptors (Lipinski definition) is 4. The second kappa shape index (κ2) is 6.74. The van der Waals surface area contributed by atoms with Crippen molar-refractivity contribution in [1.29, 1.82) is 0 Å². The van der Waals surface area contributed by atoms with Crippen LogP contribution in [0.4, 0.5) is 0 Å². The van der Waals surface area contributed by atoms with Crippen molar-refractivity contribution in [3.63, 3.8) is 0 Å². The molecule has 25 heavy (non-hydrogen) atoms. The Bertz CT molecular complexity index is 881. The maximum absolute atomic E-state index is 13.2. The SMILES string of the molecule is CC(C)(C)c1cccc(S(=O)(=O)c2ccc(Br)cc2OCC2CO2)c1. The zero-order valence-electron chi connectivity index (χ0n) is 14.5. The van der Waals surface area contributed by atoms with Gasteiger partial charge in [0.05, 0.1) is 11.5 Å². The molecule has 0 spiro atoms. The molecule has 1 atom stereocenters. The van der Waals surface area contributed by atoms with Gasteiger partial charge < -0.3 is 9.47 Å². The number of ether oxygens (including phenoxy) is 2. The Morgan fingerprint density at radius 3 is 2.56 bits per heavy atom. The summed E-state index contributed by atoms with van der Waals surface area (Å²) in [6, 6.07) is 12.1. The van der Waals surface area contributed by atoms with E-state index in [1.54, 1.807) is 36.4 Å². The first-order chi connectivity index (χ1) is 11.7. The van der Waals surface area contributed by atoms with Crippen molar-refractivity contribution in [3.05, 3.63) is 52.5 Å². The Morgan fingerprint density at radius 2 is 1.92 bits per heavy atom. The van der Waals surface area contributed by atoms with Gasteiger partial charge in [-0.05, 0) is 41.3 Å². The van der Waals surface area contributed by atoms with Crippen LogP contribution in [0.1, 0.15) is 26.3 Å². The summed E-state index contributed by atoms with van der Waals surface area (Å²) in [4.78, 5) is 0.442. The van der Waals surface area contributed by atoms with Gasteiger partial charge in [-0.1, -0.05) is 48.8 Å². The normalized spacial score (nSPS) is 17.4. The summed E-state index contributed by atoms with van der Waals surface area (Å²) in [5.74, 6) is 0.339. The predicted molar refractivity (Wildman–Crippen MR) is 100.0 cm³/mol. The number of benzene rings is 2. The first-order valence-electron chi connectivity index (χ1n) is 8.07. The molecular formula is C19H21BrO4S. The van der Waals surface area contributed by atoms with Crippen molar-refractivity contribution in [1.82, 2.24) is 0 Å². The van der Waals surface area contributed by atoms with Crippen LogP contribution in [-0.2, 0) is 20.0 Å². The van der Waals surface area contributed by atoms with Crippen LogP contribution in [-0.4, -0.2) is 27.7 Å². The predicted octanol–water partition coefficient (Wildman–Crippen LogP) is 4.36. The molecule has 4 nitrogen and oxygen atoms in total. The van der Waals surface area contributed by atoms with Gasteiger partial charge >= 0.3 is 0 Å². The Balaban J connectivity index is 2.02. The van der Waals surface area contributed by atoms with E-state index in [9.17, 15) is 8.42 Å². The highest BCUT2D eigenvalue weighted by Crippen LogP contribution is 2.34. The molecule has 0 amide bonds. The minimum atomic E-state index is -3.68. The zero-order valence-corrected chi connectivity index (χ0v) is 16.9. The highest BCUT2D eigenvalue weighted by molar-refractivity contribution is 9.10. The van der Waals surface area contributed by atoms with Crippen molar-refractivity contribution in [2.45, 2.75) is 42.1 Å². The molecule has 1 fully saturated rings. The molecule has 1 aliphatic rings. The topological polar surface area (TPSA) is 55.9 Å². The average Bonchev–Trinajstić information content (AvgIpc) is 3.36. The molecule has 0 bridgehead atoms. The maximum atomic E-state index is 13.2. The standard InChI is InChI=1S/C19H21BrO4S/c1-19(2,3)13-5-4-6-16(9-13)25(21,22)18-8-7-14(20)10-17(18)24-12-15-11-23-15/h4-10,15H,11-12H2,1-3H3. The molecule has 1 saturated heterocycles. The quantitative estimate of drug-likeness (QED) is 0.669. The lowest BCUT2D eigenvalue weighted by Crippen LogP contribution is -2.13. The molecule has 0 radical (unpaired) electrons. The van der Waals surface area contributed by atoms with Gasteiger partial charge in [-0.2, -0.15) is 0 Å². The van der Waals surface area contributed by atoms with Crippen LogP contribution in [0.15, 0.2) is 56.7 Å². The first-order valence-corrected chi connectivity index (χ1v) is 10.3. The van der Waals surface area contributed by atoms with Crippen LogP contribution in [0.25, 0.3) is 0 Å². The molecule has 0 aromatic heterocycles. The fraction of sp³-hybridized carbons (Fsp3) is 0.368. The largest absolute Gasteiger partial charge is 0.489 e. The third kappa shape index (κ3) is 4.25. The van der Waals surface area contributed by atoms with Crippen LogP contribution in [0, 0.1) is 0 Å². The molecule has 0 saturated carbocycles. The van der Waals surface area contributed by atoms with E-state index in [0.29, 0.717) is 19.0 Å². The van der Waals surface area contributed by atoms with E-state index in [0.717, 1.165) is 10.0 Å². The molecule has 0 aliphatic carbocycles. The average molecular weight is 425 g/mol. The van der Waals surface area contributed by atoms with E-state index in [4.69, 9.17) is 9.47 Å². The number of hydrogen-bond donors (Lipinski definition) is 0. The monoisotopic (exact) mass is 424 g/mol. The molecule has 1 unspecified atom stereocenters. The number of sulfone groups is 1. The van der Waals surface area contributed by atoms with Crippen LogP contribution in [0.3, 0.4) is 0 Å². The summed E-state index contributed by atoms with van der Waals surface area (Å²) in [6.07, 6.45) is 0.0544. The summed E-state index contributed by atoms with van der Waals surface area (Å²) >= 11 is 3.37. The third-order valence-corrected chi connectivity index (χ3v) is 6.32. The van der Waals surface area contributed by atoms with E-state index >= 15 is 0 Å². The van der Waals surface area contributed by atoms with E-state index in [-0.39, 0.29) is 21.3 Å². The highest BCUT2D eigenvalue weighted by atomic mass is 79.9. The van der Waals surface area contributed by atoms with Gasteiger partial charge in [0.1, 0.15) is 23.4 Å². The van der Waals surface area contributed by atoms with Crippen molar-refractivity contribution in [2.24, 2.45) is 0 Å². The first kappa shape index (κ1) is 18.4. The summed E-state index contributed by atoms with van der Waals surface area (Å²) in [6.45, 7) is 7.18. The van der Waals surface area contributed by atoms with Crippen molar-refractivity contribution < 1.29 is 17.9 Å². The van der Waals surface area contributed by atoms with Crippen LogP contribution in [0.2, 0.25) is 0 Å². The van der Waals surface area contributed by atoms with Crippen molar-refractivity contribution in [3.8, 4) is 5.75 Å². The molecule has 6 heteroatoms. The van der Waals surface area contributed by atoms with Gasteiger partial charge in [0.25, 0.3) is 0 Å². The lowest BCUT2D eigenvalue weighted by molar-refractivity contribution is 0.258. The Hall–Kier alpha value is -1.37. The Morgan fingerprint density at radius 1 is 1.20 bits per heavy atom.